The first-order valence-corrected chi connectivity index (χ1v) is 9.34. The van der Waals surface area contributed by atoms with Crippen molar-refractivity contribution >= 4 is 17.9 Å². The monoisotopic (exact) mass is 370 g/mol. The Kier molecular flexibility index (Phi) is 6.18. The summed E-state index contributed by atoms with van der Waals surface area (Å²) in [5.74, 6) is 0.779. The number of rotatable bonds is 7. The zero-order valence-corrected chi connectivity index (χ0v) is 15.3. The van der Waals surface area contributed by atoms with Crippen LogP contribution in [0.15, 0.2) is 24.3 Å². The van der Waals surface area contributed by atoms with Gasteiger partial charge >= 0.3 is 5.97 Å². The molecule has 0 amide bonds. The van der Waals surface area contributed by atoms with Crippen LogP contribution in [0.25, 0.3) is 11.4 Å². The number of nitrogens with two attached hydrogens (primary N) is 2. The molecule has 0 saturated heterocycles. The van der Waals surface area contributed by atoms with E-state index >= 15 is 0 Å². The maximum atomic E-state index is 10.9. The Morgan fingerprint density at radius 1 is 1.15 bits per heavy atom. The van der Waals surface area contributed by atoms with Gasteiger partial charge in [0, 0.05) is 12.1 Å². The van der Waals surface area contributed by atoms with Crippen LogP contribution in [0.4, 0.5) is 11.9 Å². The number of anilines is 2. The topological polar surface area (TPSA) is 140 Å². The highest BCUT2D eigenvalue weighted by Crippen LogP contribution is 2.24. The SMILES string of the molecule is Nc1nc(NCC2CCCCC2)nc(-c2ccc(C[C@H](N)C(=O)O)cc2)n1. The molecule has 27 heavy (non-hydrogen) atoms. The lowest BCUT2D eigenvalue weighted by molar-refractivity contribution is -0.138. The summed E-state index contributed by atoms with van der Waals surface area (Å²) in [6.07, 6.45) is 6.64. The fourth-order valence-electron chi connectivity index (χ4n) is 3.36. The van der Waals surface area contributed by atoms with Crippen LogP contribution in [0.3, 0.4) is 0 Å². The van der Waals surface area contributed by atoms with Crippen LogP contribution >= 0.6 is 0 Å². The third kappa shape index (κ3) is 5.37. The average Bonchev–Trinajstić information content (AvgIpc) is 2.67. The first-order chi connectivity index (χ1) is 13.0. The molecule has 0 radical (unpaired) electrons. The number of aliphatic carboxylic acids is 1. The van der Waals surface area contributed by atoms with Crippen LogP contribution in [0, 0.1) is 5.92 Å². The Morgan fingerprint density at radius 2 is 1.85 bits per heavy atom. The smallest absolute Gasteiger partial charge is 0.320 e. The standard InChI is InChI=1S/C19H26N6O2/c20-15(17(26)27)10-12-6-8-14(9-7-12)16-23-18(21)25-19(24-16)22-11-13-4-2-1-3-5-13/h6-9,13,15H,1-5,10-11,20H2,(H,26,27)(H3,21,22,23,24,25)/t15-/m0/s1. The first kappa shape index (κ1) is 19.0. The lowest BCUT2D eigenvalue weighted by atomic mass is 9.89. The Hall–Kier alpha value is -2.74. The number of carbonyl (C=O) groups is 1. The lowest BCUT2D eigenvalue weighted by Crippen LogP contribution is -2.32. The number of nitrogens with zero attached hydrogens (tertiary/aromatic N) is 3. The van der Waals surface area contributed by atoms with Crippen molar-refractivity contribution in [2.45, 2.75) is 44.6 Å². The van der Waals surface area contributed by atoms with Gasteiger partial charge in [-0.3, -0.25) is 4.79 Å². The summed E-state index contributed by atoms with van der Waals surface area (Å²) in [6, 6.07) is 6.41. The van der Waals surface area contributed by atoms with E-state index in [2.05, 4.69) is 20.3 Å². The number of carboxylic acids is 1. The summed E-state index contributed by atoms with van der Waals surface area (Å²) in [5, 5.41) is 12.2. The van der Waals surface area contributed by atoms with Gasteiger partial charge in [-0.2, -0.15) is 15.0 Å². The number of hydrogen-bond acceptors (Lipinski definition) is 7. The van der Waals surface area contributed by atoms with Crippen LogP contribution in [0.1, 0.15) is 37.7 Å². The molecule has 3 rings (SSSR count). The minimum Gasteiger partial charge on any atom is -0.480 e. The third-order valence-corrected chi connectivity index (χ3v) is 4.91. The van der Waals surface area contributed by atoms with Gasteiger partial charge < -0.3 is 21.9 Å². The zero-order valence-electron chi connectivity index (χ0n) is 15.3. The molecule has 1 aliphatic rings. The van der Waals surface area contributed by atoms with Gasteiger partial charge in [0.2, 0.25) is 11.9 Å². The Balaban J connectivity index is 1.68. The average molecular weight is 370 g/mol. The van der Waals surface area contributed by atoms with E-state index in [1.54, 1.807) is 0 Å². The second-order valence-corrected chi connectivity index (χ2v) is 7.07. The van der Waals surface area contributed by atoms with Crippen LogP contribution in [-0.4, -0.2) is 38.6 Å². The molecule has 0 aliphatic heterocycles. The Bertz CT molecular complexity index is 774. The van der Waals surface area contributed by atoms with Gasteiger partial charge in [-0.1, -0.05) is 43.5 Å². The second kappa shape index (κ2) is 8.77. The lowest BCUT2D eigenvalue weighted by Gasteiger charge is -2.21. The van der Waals surface area contributed by atoms with Crippen LogP contribution in [0.2, 0.25) is 0 Å². The second-order valence-electron chi connectivity index (χ2n) is 7.07. The number of aromatic nitrogens is 3. The summed E-state index contributed by atoms with van der Waals surface area (Å²) in [4.78, 5) is 23.7. The summed E-state index contributed by atoms with van der Waals surface area (Å²) < 4.78 is 0. The first-order valence-electron chi connectivity index (χ1n) is 9.34. The van der Waals surface area contributed by atoms with Crippen molar-refractivity contribution in [1.82, 2.24) is 15.0 Å². The van der Waals surface area contributed by atoms with E-state index in [1.165, 1.54) is 32.1 Å². The number of nitrogens with one attached hydrogen (secondary N) is 1. The molecular formula is C19H26N6O2. The highest BCUT2D eigenvalue weighted by molar-refractivity contribution is 5.73. The molecule has 1 aliphatic carbocycles. The third-order valence-electron chi connectivity index (χ3n) is 4.91. The molecule has 1 aromatic heterocycles. The molecule has 1 aromatic carbocycles. The molecule has 1 heterocycles. The van der Waals surface area contributed by atoms with Crippen LogP contribution in [-0.2, 0) is 11.2 Å². The molecule has 8 nitrogen and oxygen atoms in total. The molecule has 1 fully saturated rings. The van der Waals surface area contributed by atoms with E-state index in [0.29, 0.717) is 17.7 Å². The highest BCUT2D eigenvalue weighted by atomic mass is 16.4. The van der Waals surface area contributed by atoms with Gasteiger partial charge in [-0.25, -0.2) is 0 Å². The minimum absolute atomic E-state index is 0.170. The van der Waals surface area contributed by atoms with E-state index < -0.39 is 12.0 Å². The molecule has 1 atom stereocenters. The van der Waals surface area contributed by atoms with E-state index in [9.17, 15) is 4.79 Å². The van der Waals surface area contributed by atoms with E-state index in [4.69, 9.17) is 16.6 Å². The largest absolute Gasteiger partial charge is 0.480 e. The van der Waals surface area contributed by atoms with Crippen molar-refractivity contribution < 1.29 is 9.90 Å². The van der Waals surface area contributed by atoms with Gasteiger partial charge in [0.1, 0.15) is 6.04 Å². The van der Waals surface area contributed by atoms with Gasteiger partial charge in [0.15, 0.2) is 5.82 Å². The van der Waals surface area contributed by atoms with Gasteiger partial charge in [-0.15, -0.1) is 0 Å². The molecule has 144 valence electrons. The van der Waals surface area contributed by atoms with Gasteiger partial charge in [-0.05, 0) is 30.7 Å². The van der Waals surface area contributed by atoms with Crippen molar-refractivity contribution in [2.75, 3.05) is 17.6 Å². The highest BCUT2D eigenvalue weighted by Gasteiger charge is 2.15. The summed E-state index contributed by atoms with van der Waals surface area (Å²) >= 11 is 0. The van der Waals surface area contributed by atoms with Gasteiger partial charge in [0.05, 0.1) is 0 Å². The van der Waals surface area contributed by atoms with Crippen LogP contribution in [0.5, 0.6) is 0 Å². The predicted molar refractivity (Wildman–Crippen MR) is 104 cm³/mol. The molecule has 2 aromatic rings. The normalized spacial score (nSPS) is 16.0. The predicted octanol–water partition coefficient (Wildman–Crippen LogP) is 2.07. The van der Waals surface area contributed by atoms with E-state index in [0.717, 1.165) is 17.7 Å². The zero-order chi connectivity index (χ0) is 19.2. The van der Waals surface area contributed by atoms with Crippen molar-refractivity contribution in [2.24, 2.45) is 11.7 Å². The van der Waals surface area contributed by atoms with Crippen LogP contribution < -0.4 is 16.8 Å². The quantitative estimate of drug-likeness (QED) is 0.580. The van der Waals surface area contributed by atoms with Crippen molar-refractivity contribution in [1.29, 1.82) is 0 Å². The number of benzene rings is 1. The van der Waals surface area contributed by atoms with Crippen molar-refractivity contribution in [3.8, 4) is 11.4 Å². The maximum absolute atomic E-state index is 10.9. The molecule has 6 N–H and O–H groups in total. The Labute approximate surface area is 158 Å². The minimum atomic E-state index is -1.02. The maximum Gasteiger partial charge on any atom is 0.320 e. The molecule has 1 saturated carbocycles. The Morgan fingerprint density at radius 3 is 2.52 bits per heavy atom. The number of hydrogen-bond donors (Lipinski definition) is 4. The van der Waals surface area contributed by atoms with Crippen molar-refractivity contribution in [3.63, 3.8) is 0 Å². The van der Waals surface area contributed by atoms with E-state index in [1.807, 2.05) is 24.3 Å². The summed E-state index contributed by atoms with van der Waals surface area (Å²) in [5.41, 5.74) is 13.1. The molecule has 8 heteroatoms. The summed E-state index contributed by atoms with van der Waals surface area (Å²) in [6.45, 7) is 0.842. The number of nitrogen functional groups attached to an aromatic ring is 1. The molecule has 0 spiro atoms. The van der Waals surface area contributed by atoms with E-state index in [-0.39, 0.29) is 12.4 Å². The molecule has 0 unspecified atom stereocenters. The number of carboxylic acid groups (broad SMARTS) is 1. The molecular weight excluding hydrogens is 344 g/mol. The van der Waals surface area contributed by atoms with Gasteiger partial charge in [0.25, 0.3) is 0 Å². The molecule has 0 bridgehead atoms. The van der Waals surface area contributed by atoms with Crippen molar-refractivity contribution in [3.05, 3.63) is 29.8 Å². The fraction of sp³-hybridized carbons (Fsp3) is 0.474. The fourth-order valence-corrected chi connectivity index (χ4v) is 3.36. The summed E-state index contributed by atoms with van der Waals surface area (Å²) in [7, 11) is 0.